The summed E-state index contributed by atoms with van der Waals surface area (Å²) in [6.45, 7) is 2.62. The highest BCUT2D eigenvalue weighted by atomic mass is 15.2. The summed E-state index contributed by atoms with van der Waals surface area (Å²) in [5.74, 6) is 0.869. The molecule has 3 heterocycles. The highest BCUT2D eigenvalue weighted by molar-refractivity contribution is 5.54. The van der Waals surface area contributed by atoms with Crippen LogP contribution in [0.2, 0.25) is 0 Å². The van der Waals surface area contributed by atoms with Gasteiger partial charge in [-0.15, -0.1) is 0 Å². The number of aromatic nitrogens is 2. The van der Waals surface area contributed by atoms with E-state index < -0.39 is 0 Å². The van der Waals surface area contributed by atoms with E-state index in [0.717, 1.165) is 31.0 Å². The number of nitrogens with two attached hydrogens (primary N) is 1. The van der Waals surface area contributed by atoms with E-state index in [9.17, 15) is 0 Å². The summed E-state index contributed by atoms with van der Waals surface area (Å²) in [7, 11) is 0. The molecule has 1 saturated heterocycles. The molecule has 3 N–H and O–H groups in total. The summed E-state index contributed by atoms with van der Waals surface area (Å²) in [5.41, 5.74) is 8.13. The first-order valence-electron chi connectivity index (χ1n) is 6.91. The maximum absolute atomic E-state index is 5.95. The van der Waals surface area contributed by atoms with Gasteiger partial charge < -0.3 is 16.0 Å². The van der Waals surface area contributed by atoms with E-state index in [-0.39, 0.29) is 6.04 Å². The van der Waals surface area contributed by atoms with Crippen molar-refractivity contribution in [3.8, 4) is 0 Å². The Labute approximate surface area is 118 Å². The molecule has 1 atom stereocenters. The van der Waals surface area contributed by atoms with E-state index in [2.05, 4.69) is 26.3 Å². The lowest BCUT2D eigenvalue weighted by Gasteiger charge is -2.18. The van der Waals surface area contributed by atoms with Crippen molar-refractivity contribution in [3.63, 3.8) is 0 Å². The Morgan fingerprint density at radius 1 is 1.25 bits per heavy atom. The Bertz CT molecular complexity index is 557. The fourth-order valence-corrected chi connectivity index (χ4v) is 2.42. The molecule has 1 unspecified atom stereocenters. The second-order valence-electron chi connectivity index (χ2n) is 5.07. The molecule has 1 aliphatic heterocycles. The molecule has 0 amide bonds. The van der Waals surface area contributed by atoms with Gasteiger partial charge in [0, 0.05) is 43.3 Å². The Balaban J connectivity index is 1.65. The average molecular weight is 269 g/mol. The van der Waals surface area contributed by atoms with Gasteiger partial charge in [-0.2, -0.15) is 0 Å². The molecule has 104 valence electrons. The molecule has 0 aliphatic carbocycles. The standard InChI is InChI=1S/C15H19N5/c16-12-5-8-20(11-12)14-4-7-18-15(9-14)19-10-13-3-1-2-6-17-13/h1-4,6-7,9,12H,5,8,10-11,16H2,(H,18,19). The minimum atomic E-state index is 0.285. The van der Waals surface area contributed by atoms with Crippen LogP contribution in [0.3, 0.4) is 0 Å². The summed E-state index contributed by atoms with van der Waals surface area (Å²) in [5, 5.41) is 3.30. The number of rotatable bonds is 4. The minimum Gasteiger partial charge on any atom is -0.370 e. The van der Waals surface area contributed by atoms with Crippen LogP contribution in [-0.2, 0) is 6.54 Å². The molecule has 3 rings (SSSR count). The first kappa shape index (κ1) is 12.9. The topological polar surface area (TPSA) is 67.1 Å². The fourth-order valence-electron chi connectivity index (χ4n) is 2.42. The average Bonchev–Trinajstić information content (AvgIpc) is 2.93. The molecule has 0 spiro atoms. The summed E-state index contributed by atoms with van der Waals surface area (Å²) < 4.78 is 0. The zero-order chi connectivity index (χ0) is 13.8. The van der Waals surface area contributed by atoms with Crippen molar-refractivity contribution in [2.24, 2.45) is 5.73 Å². The van der Waals surface area contributed by atoms with Crippen molar-refractivity contribution in [3.05, 3.63) is 48.4 Å². The number of hydrogen-bond donors (Lipinski definition) is 2. The minimum absolute atomic E-state index is 0.285. The smallest absolute Gasteiger partial charge is 0.128 e. The zero-order valence-electron chi connectivity index (χ0n) is 11.4. The van der Waals surface area contributed by atoms with Gasteiger partial charge in [-0.3, -0.25) is 4.98 Å². The largest absolute Gasteiger partial charge is 0.370 e. The van der Waals surface area contributed by atoms with Crippen molar-refractivity contribution in [1.29, 1.82) is 0 Å². The number of hydrogen-bond acceptors (Lipinski definition) is 5. The molecule has 2 aromatic rings. The maximum atomic E-state index is 5.95. The predicted molar refractivity (Wildman–Crippen MR) is 80.6 cm³/mol. The first-order valence-corrected chi connectivity index (χ1v) is 6.91. The summed E-state index contributed by atoms with van der Waals surface area (Å²) in [6, 6.07) is 10.3. The van der Waals surface area contributed by atoms with Gasteiger partial charge in [0.2, 0.25) is 0 Å². The molecule has 1 aliphatic rings. The molecule has 20 heavy (non-hydrogen) atoms. The Hall–Kier alpha value is -2.14. The zero-order valence-corrected chi connectivity index (χ0v) is 11.4. The molecular weight excluding hydrogens is 250 g/mol. The van der Waals surface area contributed by atoms with Crippen LogP contribution >= 0.6 is 0 Å². The van der Waals surface area contributed by atoms with Crippen LogP contribution in [0.1, 0.15) is 12.1 Å². The number of nitrogens with zero attached hydrogens (tertiary/aromatic N) is 3. The van der Waals surface area contributed by atoms with E-state index in [1.54, 1.807) is 6.20 Å². The third kappa shape index (κ3) is 3.05. The van der Waals surface area contributed by atoms with Crippen LogP contribution in [0, 0.1) is 0 Å². The van der Waals surface area contributed by atoms with Crippen LogP contribution in [0.4, 0.5) is 11.5 Å². The third-order valence-electron chi connectivity index (χ3n) is 3.51. The Morgan fingerprint density at radius 2 is 2.20 bits per heavy atom. The van der Waals surface area contributed by atoms with Gasteiger partial charge in [-0.05, 0) is 24.6 Å². The molecule has 0 aromatic carbocycles. The van der Waals surface area contributed by atoms with Crippen molar-refractivity contribution in [2.75, 3.05) is 23.3 Å². The van der Waals surface area contributed by atoms with Crippen molar-refractivity contribution in [2.45, 2.75) is 19.0 Å². The van der Waals surface area contributed by atoms with Gasteiger partial charge in [0.05, 0.1) is 12.2 Å². The Kier molecular flexibility index (Phi) is 3.78. The van der Waals surface area contributed by atoms with Gasteiger partial charge in [-0.25, -0.2) is 4.98 Å². The van der Waals surface area contributed by atoms with E-state index in [1.165, 1.54) is 5.69 Å². The van der Waals surface area contributed by atoms with Gasteiger partial charge in [0.15, 0.2) is 0 Å². The van der Waals surface area contributed by atoms with Crippen LogP contribution in [0.25, 0.3) is 0 Å². The van der Waals surface area contributed by atoms with Crippen molar-refractivity contribution < 1.29 is 0 Å². The van der Waals surface area contributed by atoms with Crippen molar-refractivity contribution in [1.82, 2.24) is 9.97 Å². The van der Waals surface area contributed by atoms with E-state index in [4.69, 9.17) is 5.73 Å². The molecular formula is C15H19N5. The SMILES string of the molecule is NC1CCN(c2ccnc(NCc3ccccn3)c2)C1. The predicted octanol–water partition coefficient (Wildman–Crippen LogP) is 1.63. The number of pyridine rings is 2. The van der Waals surface area contributed by atoms with Gasteiger partial charge in [0.25, 0.3) is 0 Å². The summed E-state index contributed by atoms with van der Waals surface area (Å²) in [4.78, 5) is 10.9. The van der Waals surface area contributed by atoms with Gasteiger partial charge >= 0.3 is 0 Å². The molecule has 5 nitrogen and oxygen atoms in total. The fraction of sp³-hybridized carbons (Fsp3) is 0.333. The first-order chi connectivity index (χ1) is 9.81. The molecule has 1 fully saturated rings. The molecule has 0 radical (unpaired) electrons. The summed E-state index contributed by atoms with van der Waals surface area (Å²) in [6.07, 6.45) is 4.69. The van der Waals surface area contributed by atoms with Crippen LogP contribution in [0.5, 0.6) is 0 Å². The molecule has 0 saturated carbocycles. The van der Waals surface area contributed by atoms with Gasteiger partial charge in [0.1, 0.15) is 5.82 Å². The molecule has 2 aromatic heterocycles. The number of nitrogens with one attached hydrogen (secondary N) is 1. The lowest BCUT2D eigenvalue weighted by Crippen LogP contribution is -2.26. The molecule has 5 heteroatoms. The van der Waals surface area contributed by atoms with E-state index in [0.29, 0.717) is 6.54 Å². The van der Waals surface area contributed by atoms with Crippen LogP contribution < -0.4 is 16.0 Å². The normalized spacial score (nSPS) is 18.2. The Morgan fingerprint density at radius 3 is 2.95 bits per heavy atom. The van der Waals surface area contributed by atoms with E-state index in [1.807, 2.05) is 30.5 Å². The number of anilines is 2. The molecule has 0 bridgehead atoms. The highest BCUT2D eigenvalue weighted by Gasteiger charge is 2.19. The lowest BCUT2D eigenvalue weighted by atomic mass is 10.3. The van der Waals surface area contributed by atoms with Gasteiger partial charge in [-0.1, -0.05) is 6.07 Å². The maximum Gasteiger partial charge on any atom is 0.128 e. The second-order valence-corrected chi connectivity index (χ2v) is 5.07. The highest BCUT2D eigenvalue weighted by Crippen LogP contribution is 2.21. The van der Waals surface area contributed by atoms with Crippen LogP contribution in [-0.4, -0.2) is 29.1 Å². The second kappa shape index (κ2) is 5.88. The third-order valence-corrected chi connectivity index (χ3v) is 3.51. The lowest BCUT2D eigenvalue weighted by molar-refractivity contribution is 0.752. The monoisotopic (exact) mass is 269 g/mol. The summed E-state index contributed by atoms with van der Waals surface area (Å²) >= 11 is 0. The quantitative estimate of drug-likeness (QED) is 0.883. The van der Waals surface area contributed by atoms with Crippen LogP contribution in [0.15, 0.2) is 42.7 Å². The van der Waals surface area contributed by atoms with Crippen molar-refractivity contribution >= 4 is 11.5 Å². The van der Waals surface area contributed by atoms with E-state index >= 15 is 0 Å².